The largest absolute Gasteiger partial charge is 0.481 e. The highest BCUT2D eigenvalue weighted by Crippen LogP contribution is 2.23. The van der Waals surface area contributed by atoms with Gasteiger partial charge < -0.3 is 10.0 Å². The Balaban J connectivity index is 2.11. The van der Waals surface area contributed by atoms with Gasteiger partial charge >= 0.3 is 5.97 Å². The van der Waals surface area contributed by atoms with E-state index in [9.17, 15) is 9.59 Å². The van der Waals surface area contributed by atoms with Crippen molar-refractivity contribution in [3.63, 3.8) is 0 Å². The second-order valence-electron chi connectivity index (χ2n) is 4.84. The highest BCUT2D eigenvalue weighted by Gasteiger charge is 2.29. The lowest BCUT2D eigenvalue weighted by atomic mass is 10.0. The number of nitrogens with zero attached hydrogens (tertiary/aromatic N) is 1. The van der Waals surface area contributed by atoms with Crippen LogP contribution in [0.2, 0.25) is 0 Å². The third-order valence-corrected chi connectivity index (χ3v) is 4.25. The molecule has 1 aliphatic rings. The van der Waals surface area contributed by atoms with Crippen molar-refractivity contribution < 1.29 is 14.7 Å². The summed E-state index contributed by atoms with van der Waals surface area (Å²) in [5.74, 6) is -0.341. The smallest absolute Gasteiger partial charge is 0.307 e. The fourth-order valence-electron chi connectivity index (χ4n) is 2.36. The lowest BCUT2D eigenvalue weighted by Gasteiger charge is -2.18. The molecule has 0 aliphatic carbocycles. The summed E-state index contributed by atoms with van der Waals surface area (Å²) in [6, 6.07) is 7.41. The zero-order chi connectivity index (χ0) is 13.8. The van der Waals surface area contributed by atoms with E-state index in [1.165, 1.54) is 0 Å². The molecule has 0 aromatic heterocycles. The Labute approximate surface area is 120 Å². The molecule has 1 fully saturated rings. The molecule has 5 heteroatoms. The van der Waals surface area contributed by atoms with Crippen LogP contribution in [-0.2, 0) is 22.6 Å². The maximum Gasteiger partial charge on any atom is 0.307 e. The second kappa shape index (κ2) is 6.19. The maximum absolute atomic E-state index is 11.9. The third-order valence-electron chi connectivity index (χ3n) is 3.33. The lowest BCUT2D eigenvalue weighted by molar-refractivity contribution is -0.136. The molecule has 1 amide bonds. The van der Waals surface area contributed by atoms with Crippen molar-refractivity contribution in [2.24, 2.45) is 5.92 Å². The van der Waals surface area contributed by atoms with E-state index >= 15 is 0 Å². The Kier molecular flexibility index (Phi) is 4.58. The van der Waals surface area contributed by atoms with Gasteiger partial charge in [0.1, 0.15) is 0 Å². The van der Waals surface area contributed by atoms with Gasteiger partial charge in [-0.1, -0.05) is 40.2 Å². The van der Waals surface area contributed by atoms with E-state index < -0.39 is 5.97 Å². The summed E-state index contributed by atoms with van der Waals surface area (Å²) in [6.45, 7) is 1.25. The molecule has 1 unspecified atom stereocenters. The number of aliphatic carboxylic acids is 1. The van der Waals surface area contributed by atoms with E-state index in [2.05, 4.69) is 15.9 Å². The Hall–Kier alpha value is -1.36. The minimum Gasteiger partial charge on any atom is -0.481 e. The molecule has 1 aromatic rings. The molecule has 1 N–H and O–H groups in total. The molecule has 0 saturated carbocycles. The van der Waals surface area contributed by atoms with Gasteiger partial charge in [-0.05, 0) is 17.0 Å². The number of amides is 1. The van der Waals surface area contributed by atoms with Crippen molar-refractivity contribution >= 4 is 27.8 Å². The fourth-order valence-corrected chi connectivity index (χ4v) is 2.80. The summed E-state index contributed by atoms with van der Waals surface area (Å²) in [6.07, 6.45) is 0.576. The number of benzene rings is 1. The summed E-state index contributed by atoms with van der Waals surface area (Å²) in [7, 11) is 0. The standard InChI is InChI=1S/C14H16BrNO3/c15-7-10-5-13(17)16(8-10)9-12-4-2-1-3-11(12)6-14(18)19/h1-4,10H,5-9H2,(H,18,19). The van der Waals surface area contributed by atoms with E-state index in [-0.39, 0.29) is 12.3 Å². The molecule has 1 heterocycles. The molecule has 0 bridgehead atoms. The molecule has 1 atom stereocenters. The van der Waals surface area contributed by atoms with Crippen LogP contribution in [0.4, 0.5) is 0 Å². The molecule has 19 heavy (non-hydrogen) atoms. The Morgan fingerprint density at radius 3 is 2.63 bits per heavy atom. The summed E-state index contributed by atoms with van der Waals surface area (Å²) >= 11 is 3.41. The quantitative estimate of drug-likeness (QED) is 0.843. The van der Waals surface area contributed by atoms with Gasteiger partial charge in [0.05, 0.1) is 6.42 Å². The third kappa shape index (κ3) is 3.56. The molecule has 1 aliphatic heterocycles. The normalized spacial score (nSPS) is 18.9. The first-order chi connectivity index (χ1) is 9.10. The molecular weight excluding hydrogens is 310 g/mol. The number of hydrogen-bond donors (Lipinski definition) is 1. The van der Waals surface area contributed by atoms with Gasteiger partial charge in [-0.2, -0.15) is 0 Å². The number of alkyl halides is 1. The van der Waals surface area contributed by atoms with Crippen LogP contribution in [0.3, 0.4) is 0 Å². The first-order valence-corrected chi connectivity index (χ1v) is 7.34. The van der Waals surface area contributed by atoms with Crippen LogP contribution in [0.25, 0.3) is 0 Å². The van der Waals surface area contributed by atoms with Crippen LogP contribution >= 0.6 is 15.9 Å². The zero-order valence-corrected chi connectivity index (χ0v) is 12.1. The molecule has 0 spiro atoms. The highest BCUT2D eigenvalue weighted by molar-refractivity contribution is 9.09. The number of carbonyl (C=O) groups excluding carboxylic acids is 1. The Morgan fingerprint density at radius 1 is 1.37 bits per heavy atom. The van der Waals surface area contributed by atoms with E-state index in [1.54, 1.807) is 0 Å². The van der Waals surface area contributed by atoms with Gasteiger partial charge in [0.25, 0.3) is 0 Å². The number of carboxylic acids is 1. The van der Waals surface area contributed by atoms with Gasteiger partial charge in [-0.3, -0.25) is 9.59 Å². The van der Waals surface area contributed by atoms with Crippen molar-refractivity contribution in [1.82, 2.24) is 4.90 Å². The van der Waals surface area contributed by atoms with Gasteiger partial charge in [-0.25, -0.2) is 0 Å². The van der Waals surface area contributed by atoms with Crippen LogP contribution < -0.4 is 0 Å². The predicted molar refractivity (Wildman–Crippen MR) is 75.1 cm³/mol. The number of halogens is 1. The van der Waals surface area contributed by atoms with Crippen LogP contribution in [0.5, 0.6) is 0 Å². The molecule has 102 valence electrons. The van der Waals surface area contributed by atoms with Crippen molar-refractivity contribution in [2.75, 3.05) is 11.9 Å². The van der Waals surface area contributed by atoms with Crippen molar-refractivity contribution in [2.45, 2.75) is 19.4 Å². The number of likely N-dealkylation sites (tertiary alicyclic amines) is 1. The Morgan fingerprint density at radius 2 is 2.05 bits per heavy atom. The van der Waals surface area contributed by atoms with Crippen LogP contribution in [0.1, 0.15) is 17.5 Å². The minimum atomic E-state index is -0.849. The number of carboxylic acid groups (broad SMARTS) is 1. The fraction of sp³-hybridized carbons (Fsp3) is 0.429. The molecular formula is C14H16BrNO3. The summed E-state index contributed by atoms with van der Waals surface area (Å²) in [4.78, 5) is 24.5. The van der Waals surface area contributed by atoms with E-state index in [0.717, 1.165) is 23.0 Å². The first-order valence-electron chi connectivity index (χ1n) is 6.22. The van der Waals surface area contributed by atoms with E-state index in [0.29, 0.717) is 18.9 Å². The van der Waals surface area contributed by atoms with Gasteiger partial charge in [0.2, 0.25) is 5.91 Å². The van der Waals surface area contributed by atoms with Gasteiger partial charge in [0, 0.05) is 24.8 Å². The molecule has 1 aromatic carbocycles. The average Bonchev–Trinajstić information content (AvgIpc) is 2.72. The van der Waals surface area contributed by atoms with Gasteiger partial charge in [0.15, 0.2) is 0 Å². The molecule has 1 saturated heterocycles. The monoisotopic (exact) mass is 325 g/mol. The zero-order valence-electron chi connectivity index (χ0n) is 10.5. The number of carbonyl (C=O) groups is 2. The van der Waals surface area contributed by atoms with Crippen LogP contribution in [0, 0.1) is 5.92 Å². The lowest BCUT2D eigenvalue weighted by Crippen LogP contribution is -2.25. The predicted octanol–water partition coefficient (Wildman–Crippen LogP) is 2.06. The number of rotatable bonds is 5. The first kappa shape index (κ1) is 14.1. The van der Waals surface area contributed by atoms with Crippen LogP contribution in [-0.4, -0.2) is 33.8 Å². The Bertz CT molecular complexity index is 489. The average molecular weight is 326 g/mol. The summed E-state index contributed by atoms with van der Waals surface area (Å²) in [5.41, 5.74) is 1.71. The van der Waals surface area contributed by atoms with Crippen molar-refractivity contribution in [1.29, 1.82) is 0 Å². The topological polar surface area (TPSA) is 57.6 Å². The second-order valence-corrected chi connectivity index (χ2v) is 5.49. The van der Waals surface area contributed by atoms with E-state index in [1.807, 2.05) is 29.2 Å². The minimum absolute atomic E-state index is 0.0000762. The molecule has 2 rings (SSSR count). The van der Waals surface area contributed by atoms with Crippen molar-refractivity contribution in [3.05, 3.63) is 35.4 Å². The molecule has 0 radical (unpaired) electrons. The van der Waals surface area contributed by atoms with Gasteiger partial charge in [-0.15, -0.1) is 0 Å². The van der Waals surface area contributed by atoms with E-state index in [4.69, 9.17) is 5.11 Å². The molecule has 4 nitrogen and oxygen atoms in total. The number of hydrogen-bond acceptors (Lipinski definition) is 2. The van der Waals surface area contributed by atoms with Crippen LogP contribution in [0.15, 0.2) is 24.3 Å². The summed E-state index contributed by atoms with van der Waals surface area (Å²) < 4.78 is 0. The maximum atomic E-state index is 11.9. The SMILES string of the molecule is O=C(O)Cc1ccccc1CN1CC(CBr)CC1=O. The van der Waals surface area contributed by atoms with Crippen molar-refractivity contribution in [3.8, 4) is 0 Å². The highest BCUT2D eigenvalue weighted by atomic mass is 79.9. The summed E-state index contributed by atoms with van der Waals surface area (Å²) in [5, 5.41) is 9.72.